The fraction of sp³-hybridized carbons (Fsp3) is 0.444. The van der Waals surface area contributed by atoms with Crippen molar-refractivity contribution in [1.82, 2.24) is 24.9 Å². The SMILES string of the molecule is O=C1NCCN1C1CCN(Cc2ccn(-c3ccccc3)n2)CC1. The molecule has 1 N–H and O–H groups in total. The topological polar surface area (TPSA) is 53.4 Å². The maximum absolute atomic E-state index is 11.8. The molecule has 2 amide bonds. The summed E-state index contributed by atoms with van der Waals surface area (Å²) < 4.78 is 1.93. The molecule has 6 nitrogen and oxygen atoms in total. The summed E-state index contributed by atoms with van der Waals surface area (Å²) in [6.45, 7) is 4.55. The number of likely N-dealkylation sites (tertiary alicyclic amines) is 1. The molecule has 2 aliphatic rings. The predicted molar refractivity (Wildman–Crippen MR) is 92.0 cm³/mol. The molecule has 6 heteroatoms. The van der Waals surface area contributed by atoms with Gasteiger partial charge in [0.05, 0.1) is 11.4 Å². The van der Waals surface area contributed by atoms with Crippen molar-refractivity contribution in [3.63, 3.8) is 0 Å². The third-order valence-corrected chi connectivity index (χ3v) is 4.94. The molecule has 24 heavy (non-hydrogen) atoms. The number of nitrogens with one attached hydrogen (secondary N) is 1. The van der Waals surface area contributed by atoms with Crippen LogP contribution in [0.5, 0.6) is 0 Å². The molecule has 2 aliphatic heterocycles. The zero-order valence-corrected chi connectivity index (χ0v) is 13.8. The lowest BCUT2D eigenvalue weighted by molar-refractivity contribution is 0.131. The van der Waals surface area contributed by atoms with Gasteiger partial charge in [0.1, 0.15) is 0 Å². The fourth-order valence-corrected chi connectivity index (χ4v) is 3.62. The van der Waals surface area contributed by atoms with E-state index < -0.39 is 0 Å². The summed E-state index contributed by atoms with van der Waals surface area (Å²) in [7, 11) is 0. The van der Waals surface area contributed by atoms with Crippen LogP contribution in [0.15, 0.2) is 42.6 Å². The number of hydrogen-bond donors (Lipinski definition) is 1. The third-order valence-electron chi connectivity index (χ3n) is 4.94. The zero-order chi connectivity index (χ0) is 16.4. The maximum atomic E-state index is 11.8. The van der Waals surface area contributed by atoms with Crippen LogP contribution in [-0.4, -0.2) is 57.8 Å². The Kier molecular flexibility index (Phi) is 4.21. The zero-order valence-electron chi connectivity index (χ0n) is 13.8. The Morgan fingerprint density at radius 3 is 2.58 bits per heavy atom. The molecule has 4 rings (SSSR count). The number of urea groups is 1. The Balaban J connectivity index is 1.33. The lowest BCUT2D eigenvalue weighted by Gasteiger charge is -2.35. The third kappa shape index (κ3) is 3.14. The number of amides is 2. The summed E-state index contributed by atoms with van der Waals surface area (Å²) in [4.78, 5) is 16.2. The van der Waals surface area contributed by atoms with Crippen molar-refractivity contribution in [3.8, 4) is 5.69 Å². The van der Waals surface area contributed by atoms with Gasteiger partial charge < -0.3 is 10.2 Å². The fourth-order valence-electron chi connectivity index (χ4n) is 3.62. The molecule has 0 unspecified atom stereocenters. The minimum absolute atomic E-state index is 0.107. The predicted octanol–water partition coefficient (Wildman–Crippen LogP) is 1.86. The molecule has 1 aromatic carbocycles. The van der Waals surface area contributed by atoms with E-state index in [4.69, 9.17) is 0 Å². The number of aromatic nitrogens is 2. The molecule has 0 aliphatic carbocycles. The van der Waals surface area contributed by atoms with E-state index in [1.807, 2.05) is 34.0 Å². The highest BCUT2D eigenvalue weighted by atomic mass is 16.2. The Morgan fingerprint density at radius 1 is 1.08 bits per heavy atom. The van der Waals surface area contributed by atoms with E-state index in [0.717, 1.165) is 56.9 Å². The van der Waals surface area contributed by atoms with Gasteiger partial charge in [0, 0.05) is 45.0 Å². The van der Waals surface area contributed by atoms with Gasteiger partial charge in [-0.2, -0.15) is 5.10 Å². The first-order valence-electron chi connectivity index (χ1n) is 8.66. The van der Waals surface area contributed by atoms with Gasteiger partial charge in [-0.05, 0) is 31.0 Å². The second-order valence-corrected chi connectivity index (χ2v) is 6.52. The number of benzene rings is 1. The van der Waals surface area contributed by atoms with Crippen molar-refractivity contribution in [2.75, 3.05) is 26.2 Å². The standard InChI is InChI=1S/C18H23N5O/c24-18-19-9-13-22(18)16-7-10-21(11-8-16)14-15-6-12-23(20-15)17-4-2-1-3-5-17/h1-6,12,16H,7-11,13-14H2,(H,19,24). The second-order valence-electron chi connectivity index (χ2n) is 6.52. The molecule has 0 spiro atoms. The van der Waals surface area contributed by atoms with E-state index >= 15 is 0 Å². The number of para-hydroxylation sites is 1. The maximum Gasteiger partial charge on any atom is 0.317 e. The molecule has 2 saturated heterocycles. The Bertz CT molecular complexity index is 690. The summed E-state index contributed by atoms with van der Waals surface area (Å²) >= 11 is 0. The highest BCUT2D eigenvalue weighted by Crippen LogP contribution is 2.19. The summed E-state index contributed by atoms with van der Waals surface area (Å²) in [6.07, 6.45) is 4.12. The van der Waals surface area contributed by atoms with Gasteiger partial charge in [-0.15, -0.1) is 0 Å². The van der Waals surface area contributed by atoms with E-state index in [1.54, 1.807) is 0 Å². The van der Waals surface area contributed by atoms with E-state index in [9.17, 15) is 4.79 Å². The number of hydrogen-bond acceptors (Lipinski definition) is 3. The first kappa shape index (κ1) is 15.2. The number of piperidine rings is 1. The van der Waals surface area contributed by atoms with Crippen molar-refractivity contribution < 1.29 is 4.79 Å². The highest BCUT2D eigenvalue weighted by molar-refractivity contribution is 5.76. The number of carbonyl (C=O) groups is 1. The van der Waals surface area contributed by atoms with Crippen LogP contribution < -0.4 is 5.32 Å². The summed E-state index contributed by atoms with van der Waals surface area (Å²) in [5, 5.41) is 7.58. The minimum atomic E-state index is 0.107. The number of carbonyl (C=O) groups excluding carboxylic acids is 1. The van der Waals surface area contributed by atoms with E-state index in [1.165, 1.54) is 0 Å². The largest absolute Gasteiger partial charge is 0.336 e. The van der Waals surface area contributed by atoms with Crippen LogP contribution in [0.3, 0.4) is 0 Å². The smallest absolute Gasteiger partial charge is 0.317 e. The molecule has 0 saturated carbocycles. The van der Waals surface area contributed by atoms with E-state index in [0.29, 0.717) is 6.04 Å². The van der Waals surface area contributed by atoms with Gasteiger partial charge in [0.25, 0.3) is 0 Å². The summed E-state index contributed by atoms with van der Waals surface area (Å²) in [5.74, 6) is 0. The van der Waals surface area contributed by atoms with Gasteiger partial charge in [-0.1, -0.05) is 18.2 Å². The van der Waals surface area contributed by atoms with Crippen molar-refractivity contribution in [2.45, 2.75) is 25.4 Å². The van der Waals surface area contributed by atoms with Crippen LogP contribution in [0.1, 0.15) is 18.5 Å². The van der Waals surface area contributed by atoms with Crippen LogP contribution in [0, 0.1) is 0 Å². The highest BCUT2D eigenvalue weighted by Gasteiger charge is 2.30. The first-order valence-corrected chi connectivity index (χ1v) is 8.66. The molecule has 3 heterocycles. The molecule has 0 radical (unpaired) electrons. The minimum Gasteiger partial charge on any atom is -0.336 e. The second kappa shape index (κ2) is 6.65. The Labute approximate surface area is 142 Å². The average Bonchev–Trinajstić information content (AvgIpc) is 3.26. The molecular formula is C18H23N5O. The van der Waals surface area contributed by atoms with Crippen LogP contribution >= 0.6 is 0 Å². The lowest BCUT2D eigenvalue weighted by atomic mass is 10.0. The Morgan fingerprint density at radius 2 is 1.88 bits per heavy atom. The molecule has 1 aromatic heterocycles. The van der Waals surface area contributed by atoms with Gasteiger partial charge >= 0.3 is 6.03 Å². The van der Waals surface area contributed by atoms with Gasteiger partial charge in [-0.3, -0.25) is 4.90 Å². The van der Waals surface area contributed by atoms with Gasteiger partial charge in [-0.25, -0.2) is 9.48 Å². The van der Waals surface area contributed by atoms with Crippen LogP contribution in [0.25, 0.3) is 5.69 Å². The van der Waals surface area contributed by atoms with Crippen molar-refractivity contribution in [3.05, 3.63) is 48.3 Å². The van der Waals surface area contributed by atoms with Crippen LogP contribution in [0.4, 0.5) is 4.79 Å². The van der Waals surface area contributed by atoms with Gasteiger partial charge in [0.15, 0.2) is 0 Å². The Hall–Kier alpha value is -2.34. The van der Waals surface area contributed by atoms with E-state index in [2.05, 4.69) is 33.5 Å². The lowest BCUT2D eigenvalue weighted by Crippen LogP contribution is -2.45. The molecule has 126 valence electrons. The number of nitrogens with zero attached hydrogens (tertiary/aromatic N) is 4. The molecule has 0 atom stereocenters. The van der Waals surface area contributed by atoms with Crippen LogP contribution in [0.2, 0.25) is 0 Å². The van der Waals surface area contributed by atoms with Gasteiger partial charge in [0.2, 0.25) is 0 Å². The first-order chi connectivity index (χ1) is 11.8. The quantitative estimate of drug-likeness (QED) is 0.933. The van der Waals surface area contributed by atoms with Crippen LogP contribution in [-0.2, 0) is 6.54 Å². The van der Waals surface area contributed by atoms with Crippen molar-refractivity contribution in [2.24, 2.45) is 0 Å². The van der Waals surface area contributed by atoms with Crippen molar-refractivity contribution >= 4 is 6.03 Å². The molecule has 0 bridgehead atoms. The van der Waals surface area contributed by atoms with Crippen molar-refractivity contribution in [1.29, 1.82) is 0 Å². The molecular weight excluding hydrogens is 302 g/mol. The summed E-state index contributed by atoms with van der Waals surface area (Å²) in [5.41, 5.74) is 2.18. The monoisotopic (exact) mass is 325 g/mol. The average molecular weight is 325 g/mol. The van der Waals surface area contributed by atoms with E-state index in [-0.39, 0.29) is 6.03 Å². The molecule has 2 fully saturated rings. The summed E-state index contributed by atoms with van der Waals surface area (Å²) in [6, 6.07) is 12.8. The number of rotatable bonds is 4. The molecule has 2 aromatic rings. The normalized spacial score (nSPS) is 19.7.